The third kappa shape index (κ3) is 3.36. The SMILES string of the molecule is CNC(c1cc(Cl)ccc1OC)C1CC(C)(C)OC1(C)C. The van der Waals surface area contributed by atoms with E-state index in [1.165, 1.54) is 0 Å². The van der Waals surface area contributed by atoms with Crippen LogP contribution in [0.5, 0.6) is 5.75 Å². The van der Waals surface area contributed by atoms with Crippen LogP contribution >= 0.6 is 11.6 Å². The smallest absolute Gasteiger partial charge is 0.123 e. The summed E-state index contributed by atoms with van der Waals surface area (Å²) in [5.74, 6) is 1.20. The van der Waals surface area contributed by atoms with Gasteiger partial charge in [-0.05, 0) is 59.4 Å². The molecule has 1 aromatic rings. The molecule has 1 saturated heterocycles. The number of nitrogens with one attached hydrogen (secondary N) is 1. The zero-order valence-electron chi connectivity index (χ0n) is 13.8. The van der Waals surface area contributed by atoms with Crippen LogP contribution in [0.1, 0.15) is 45.7 Å². The minimum atomic E-state index is -0.204. The van der Waals surface area contributed by atoms with Gasteiger partial charge in [-0.3, -0.25) is 0 Å². The van der Waals surface area contributed by atoms with Crippen molar-refractivity contribution in [2.75, 3.05) is 14.2 Å². The first kappa shape index (κ1) is 16.6. The molecule has 118 valence electrons. The number of hydrogen-bond acceptors (Lipinski definition) is 3. The highest BCUT2D eigenvalue weighted by molar-refractivity contribution is 6.30. The minimum absolute atomic E-state index is 0.116. The molecule has 0 bridgehead atoms. The molecule has 1 heterocycles. The molecule has 1 N–H and O–H groups in total. The van der Waals surface area contributed by atoms with Crippen molar-refractivity contribution in [2.45, 2.75) is 51.4 Å². The molecule has 3 nitrogen and oxygen atoms in total. The van der Waals surface area contributed by atoms with Crippen LogP contribution in [0.25, 0.3) is 0 Å². The van der Waals surface area contributed by atoms with Gasteiger partial charge >= 0.3 is 0 Å². The normalized spacial score (nSPS) is 24.8. The van der Waals surface area contributed by atoms with Crippen LogP contribution in [0.15, 0.2) is 18.2 Å². The van der Waals surface area contributed by atoms with Crippen LogP contribution in [0, 0.1) is 5.92 Å². The molecule has 2 atom stereocenters. The zero-order chi connectivity index (χ0) is 15.8. The van der Waals surface area contributed by atoms with Gasteiger partial charge in [0.05, 0.1) is 18.3 Å². The predicted molar refractivity (Wildman–Crippen MR) is 87.2 cm³/mol. The maximum Gasteiger partial charge on any atom is 0.123 e. The quantitative estimate of drug-likeness (QED) is 0.904. The summed E-state index contributed by atoms with van der Waals surface area (Å²) in [6, 6.07) is 5.91. The van der Waals surface area contributed by atoms with Crippen molar-refractivity contribution in [3.05, 3.63) is 28.8 Å². The van der Waals surface area contributed by atoms with Gasteiger partial charge in [-0.15, -0.1) is 0 Å². The lowest BCUT2D eigenvalue weighted by Gasteiger charge is -2.33. The Hall–Kier alpha value is -0.770. The lowest BCUT2D eigenvalue weighted by molar-refractivity contribution is -0.0777. The van der Waals surface area contributed by atoms with Crippen LogP contribution in [0.3, 0.4) is 0 Å². The molecular formula is C17H26ClNO2. The van der Waals surface area contributed by atoms with E-state index in [0.717, 1.165) is 22.8 Å². The fourth-order valence-electron chi connectivity index (χ4n) is 3.65. The van der Waals surface area contributed by atoms with Crippen molar-refractivity contribution in [1.82, 2.24) is 5.32 Å². The topological polar surface area (TPSA) is 30.5 Å². The van der Waals surface area contributed by atoms with Gasteiger partial charge in [0.15, 0.2) is 0 Å². The zero-order valence-corrected chi connectivity index (χ0v) is 14.5. The fourth-order valence-corrected chi connectivity index (χ4v) is 3.83. The molecule has 4 heteroatoms. The first-order chi connectivity index (χ1) is 9.70. The van der Waals surface area contributed by atoms with E-state index in [1.807, 2.05) is 25.2 Å². The van der Waals surface area contributed by atoms with E-state index in [2.05, 4.69) is 33.0 Å². The number of benzene rings is 1. The van der Waals surface area contributed by atoms with Gasteiger partial charge in [0.25, 0.3) is 0 Å². The van der Waals surface area contributed by atoms with Crippen LogP contribution < -0.4 is 10.1 Å². The standard InChI is InChI=1S/C17H26ClNO2/c1-16(2)10-13(17(3,4)21-16)15(19-5)12-9-11(18)7-8-14(12)20-6/h7-9,13,15,19H,10H2,1-6H3. The monoisotopic (exact) mass is 311 g/mol. The summed E-state index contributed by atoms with van der Waals surface area (Å²) in [6.07, 6.45) is 0.987. The van der Waals surface area contributed by atoms with Crippen molar-refractivity contribution in [3.63, 3.8) is 0 Å². The Balaban J connectivity index is 2.43. The van der Waals surface area contributed by atoms with Crippen LogP contribution in [0.4, 0.5) is 0 Å². The Morgan fingerprint density at radius 1 is 1.33 bits per heavy atom. The summed E-state index contributed by atoms with van der Waals surface area (Å²) >= 11 is 6.19. The molecule has 2 rings (SSSR count). The van der Waals surface area contributed by atoms with Gasteiger partial charge in [-0.25, -0.2) is 0 Å². The molecule has 1 aliphatic rings. The van der Waals surface area contributed by atoms with E-state index in [0.29, 0.717) is 5.92 Å². The first-order valence-electron chi connectivity index (χ1n) is 7.41. The Bertz CT molecular complexity index is 514. The second kappa shape index (κ2) is 5.79. The van der Waals surface area contributed by atoms with Crippen LogP contribution in [-0.4, -0.2) is 25.4 Å². The lowest BCUT2D eigenvalue weighted by Crippen LogP contribution is -2.37. The van der Waals surface area contributed by atoms with Gasteiger partial charge < -0.3 is 14.8 Å². The molecule has 0 spiro atoms. The van der Waals surface area contributed by atoms with Gasteiger partial charge in [0, 0.05) is 22.5 Å². The summed E-state index contributed by atoms with van der Waals surface area (Å²) in [6.45, 7) is 8.62. The highest BCUT2D eigenvalue weighted by Gasteiger charge is 2.49. The van der Waals surface area contributed by atoms with Gasteiger partial charge in [0.1, 0.15) is 5.75 Å². The number of hydrogen-bond donors (Lipinski definition) is 1. The van der Waals surface area contributed by atoms with E-state index in [9.17, 15) is 0 Å². The number of rotatable bonds is 4. The number of halogens is 1. The summed E-state index contributed by atoms with van der Waals surface area (Å²) in [4.78, 5) is 0. The lowest BCUT2D eigenvalue weighted by atomic mass is 9.78. The van der Waals surface area contributed by atoms with E-state index < -0.39 is 0 Å². The average Bonchev–Trinajstić information content (AvgIpc) is 2.59. The van der Waals surface area contributed by atoms with Crippen molar-refractivity contribution < 1.29 is 9.47 Å². The third-order valence-corrected chi connectivity index (χ3v) is 4.62. The number of ether oxygens (including phenoxy) is 2. The molecule has 0 saturated carbocycles. The van der Waals surface area contributed by atoms with Gasteiger partial charge in [-0.2, -0.15) is 0 Å². The molecule has 0 radical (unpaired) electrons. The largest absolute Gasteiger partial charge is 0.496 e. The van der Waals surface area contributed by atoms with Crippen molar-refractivity contribution in [1.29, 1.82) is 0 Å². The predicted octanol–water partition coefficient (Wildman–Crippen LogP) is 4.20. The van der Waals surface area contributed by atoms with E-state index in [4.69, 9.17) is 21.1 Å². The fraction of sp³-hybridized carbons (Fsp3) is 0.647. The van der Waals surface area contributed by atoms with E-state index in [-0.39, 0.29) is 17.2 Å². The Morgan fingerprint density at radius 2 is 2.00 bits per heavy atom. The van der Waals surface area contributed by atoms with E-state index >= 15 is 0 Å². The first-order valence-corrected chi connectivity index (χ1v) is 7.79. The molecular weight excluding hydrogens is 286 g/mol. The average molecular weight is 312 g/mol. The summed E-state index contributed by atoms with van der Waals surface area (Å²) in [5.41, 5.74) is 0.770. The Labute approximate surface area is 133 Å². The molecule has 21 heavy (non-hydrogen) atoms. The molecule has 1 fully saturated rings. The molecule has 2 unspecified atom stereocenters. The summed E-state index contributed by atoms with van der Waals surface area (Å²) < 4.78 is 11.8. The molecule has 0 aromatic heterocycles. The van der Waals surface area contributed by atoms with Crippen LogP contribution in [0.2, 0.25) is 5.02 Å². The highest BCUT2D eigenvalue weighted by Crippen LogP contribution is 2.49. The van der Waals surface area contributed by atoms with Crippen molar-refractivity contribution in [3.8, 4) is 5.75 Å². The Kier molecular flexibility index (Phi) is 4.57. The minimum Gasteiger partial charge on any atom is -0.496 e. The maximum atomic E-state index is 6.24. The van der Waals surface area contributed by atoms with E-state index in [1.54, 1.807) is 7.11 Å². The maximum absolute atomic E-state index is 6.24. The molecule has 1 aliphatic heterocycles. The second-order valence-corrected chi connectivity index (χ2v) is 7.36. The van der Waals surface area contributed by atoms with Gasteiger partial charge in [-0.1, -0.05) is 11.6 Å². The molecule has 0 amide bonds. The highest BCUT2D eigenvalue weighted by atomic mass is 35.5. The summed E-state index contributed by atoms with van der Waals surface area (Å²) in [7, 11) is 3.67. The number of methoxy groups -OCH3 is 1. The van der Waals surface area contributed by atoms with Crippen molar-refractivity contribution in [2.24, 2.45) is 5.92 Å². The van der Waals surface area contributed by atoms with Gasteiger partial charge in [0.2, 0.25) is 0 Å². The molecule has 1 aromatic carbocycles. The Morgan fingerprint density at radius 3 is 2.48 bits per heavy atom. The third-order valence-electron chi connectivity index (χ3n) is 4.38. The summed E-state index contributed by atoms with van der Waals surface area (Å²) in [5, 5.41) is 4.16. The van der Waals surface area contributed by atoms with Crippen LogP contribution in [-0.2, 0) is 4.74 Å². The molecule has 0 aliphatic carbocycles. The van der Waals surface area contributed by atoms with Crippen molar-refractivity contribution >= 4 is 11.6 Å². The second-order valence-electron chi connectivity index (χ2n) is 6.93.